The number of nitrogens with zero attached hydrogens (tertiary/aromatic N) is 3. The van der Waals surface area contributed by atoms with E-state index in [2.05, 4.69) is 27.5 Å². The van der Waals surface area contributed by atoms with Crippen molar-refractivity contribution in [2.24, 2.45) is 5.73 Å². The van der Waals surface area contributed by atoms with Gasteiger partial charge in [-0.15, -0.1) is 0 Å². The van der Waals surface area contributed by atoms with E-state index in [0.29, 0.717) is 0 Å². The van der Waals surface area contributed by atoms with Crippen LogP contribution in [0.15, 0.2) is 24.7 Å². The molecule has 1 aliphatic carbocycles. The van der Waals surface area contributed by atoms with Gasteiger partial charge in [0.2, 0.25) is 0 Å². The summed E-state index contributed by atoms with van der Waals surface area (Å²) >= 11 is 0. The number of hydrogen-bond donors (Lipinski definition) is 1. The van der Waals surface area contributed by atoms with E-state index in [9.17, 15) is 0 Å². The molecule has 0 saturated carbocycles. The quantitative estimate of drug-likeness (QED) is 0.918. The predicted octanol–water partition coefficient (Wildman–Crippen LogP) is 2.56. The van der Waals surface area contributed by atoms with Gasteiger partial charge >= 0.3 is 0 Å². The zero-order valence-corrected chi connectivity index (χ0v) is 11.3. The minimum Gasteiger partial charge on any atom is -0.323 e. The largest absolute Gasteiger partial charge is 0.323 e. The Bertz CT molecular complexity index is 556. The monoisotopic (exact) mass is 256 g/mol. The Hall–Kier alpha value is -1.68. The lowest BCUT2D eigenvalue weighted by molar-refractivity contribution is 0.654. The molecule has 0 spiro atoms. The van der Waals surface area contributed by atoms with Gasteiger partial charge < -0.3 is 10.3 Å². The highest BCUT2D eigenvalue weighted by molar-refractivity contribution is 5.35. The van der Waals surface area contributed by atoms with Crippen molar-refractivity contribution < 1.29 is 0 Å². The van der Waals surface area contributed by atoms with Crippen LogP contribution in [0.2, 0.25) is 0 Å². The summed E-state index contributed by atoms with van der Waals surface area (Å²) in [5, 5.41) is 0. The van der Waals surface area contributed by atoms with Crippen molar-refractivity contribution in [1.82, 2.24) is 14.5 Å². The molecule has 0 radical (unpaired) electrons. The van der Waals surface area contributed by atoms with Crippen molar-refractivity contribution in [2.45, 2.75) is 45.1 Å². The fourth-order valence-corrected chi connectivity index (χ4v) is 2.66. The summed E-state index contributed by atoms with van der Waals surface area (Å²) in [7, 11) is 0. The second-order valence-corrected chi connectivity index (χ2v) is 5.17. The van der Waals surface area contributed by atoms with Gasteiger partial charge in [0.05, 0.1) is 29.6 Å². The molecule has 3 rings (SSSR count). The maximum absolute atomic E-state index is 5.99. The number of aryl methyl sites for hydroxylation is 1. The lowest BCUT2D eigenvalue weighted by atomic mass is 10.0. The van der Waals surface area contributed by atoms with Crippen LogP contribution in [0.1, 0.15) is 49.3 Å². The van der Waals surface area contributed by atoms with Gasteiger partial charge in [0, 0.05) is 11.7 Å². The van der Waals surface area contributed by atoms with Crippen LogP contribution < -0.4 is 5.73 Å². The summed E-state index contributed by atoms with van der Waals surface area (Å²) in [6.07, 6.45) is 9.47. The Morgan fingerprint density at radius 3 is 2.84 bits per heavy atom. The number of pyridine rings is 1. The lowest BCUT2D eigenvalue weighted by Gasteiger charge is -2.14. The highest BCUT2D eigenvalue weighted by atomic mass is 15.1. The minimum atomic E-state index is 0.0331. The van der Waals surface area contributed by atoms with Gasteiger partial charge in [0.15, 0.2) is 0 Å². The topological polar surface area (TPSA) is 56.7 Å². The average molecular weight is 256 g/mol. The summed E-state index contributed by atoms with van der Waals surface area (Å²) < 4.78 is 2.17. The van der Waals surface area contributed by atoms with Crippen LogP contribution in [0.4, 0.5) is 0 Å². The van der Waals surface area contributed by atoms with Gasteiger partial charge in [-0.05, 0) is 44.2 Å². The molecule has 4 heteroatoms. The van der Waals surface area contributed by atoms with Crippen LogP contribution >= 0.6 is 0 Å². The Kier molecular flexibility index (Phi) is 3.34. The number of aromatic nitrogens is 3. The van der Waals surface area contributed by atoms with Crippen molar-refractivity contribution in [3.05, 3.63) is 41.7 Å². The molecule has 0 aliphatic heterocycles. The highest BCUT2D eigenvalue weighted by Crippen LogP contribution is 2.23. The van der Waals surface area contributed by atoms with Gasteiger partial charge in [-0.1, -0.05) is 6.92 Å². The molecule has 2 aromatic heterocycles. The average Bonchev–Trinajstić information content (AvgIpc) is 2.90. The second kappa shape index (κ2) is 5.13. The molecule has 4 nitrogen and oxygen atoms in total. The molecule has 2 N–H and O–H groups in total. The van der Waals surface area contributed by atoms with Crippen molar-refractivity contribution >= 4 is 0 Å². The van der Waals surface area contributed by atoms with E-state index in [1.165, 1.54) is 24.2 Å². The van der Waals surface area contributed by atoms with Gasteiger partial charge in [0.1, 0.15) is 0 Å². The van der Waals surface area contributed by atoms with Gasteiger partial charge in [-0.25, -0.2) is 4.98 Å². The highest BCUT2D eigenvalue weighted by Gasteiger charge is 2.16. The SMILES string of the molecule is CC[C@@H](N)c1ccc(-n2cnc3c2CCCC3)cn1. The first-order chi connectivity index (χ1) is 9.29. The molecule has 19 heavy (non-hydrogen) atoms. The van der Waals surface area contributed by atoms with Gasteiger partial charge in [-0.3, -0.25) is 4.98 Å². The molecule has 0 amide bonds. The van der Waals surface area contributed by atoms with Crippen LogP contribution in [0, 0.1) is 0 Å². The number of rotatable bonds is 3. The van der Waals surface area contributed by atoms with E-state index in [0.717, 1.165) is 30.6 Å². The fraction of sp³-hybridized carbons (Fsp3) is 0.467. The molecule has 1 aliphatic rings. The molecular weight excluding hydrogens is 236 g/mol. The van der Waals surface area contributed by atoms with Crippen molar-refractivity contribution in [3.63, 3.8) is 0 Å². The molecule has 1 atom stereocenters. The van der Waals surface area contributed by atoms with E-state index in [1.54, 1.807) is 0 Å². The van der Waals surface area contributed by atoms with Crippen molar-refractivity contribution in [1.29, 1.82) is 0 Å². The number of hydrogen-bond acceptors (Lipinski definition) is 3. The van der Waals surface area contributed by atoms with E-state index < -0.39 is 0 Å². The summed E-state index contributed by atoms with van der Waals surface area (Å²) in [6.45, 7) is 2.08. The number of nitrogens with two attached hydrogens (primary N) is 1. The third kappa shape index (κ3) is 2.28. The summed E-state index contributed by atoms with van der Waals surface area (Å²) in [5.41, 5.74) is 10.6. The van der Waals surface area contributed by atoms with Gasteiger partial charge in [-0.2, -0.15) is 0 Å². The van der Waals surface area contributed by atoms with Crippen LogP contribution in [0.3, 0.4) is 0 Å². The van der Waals surface area contributed by atoms with E-state index in [1.807, 2.05) is 18.6 Å². The summed E-state index contributed by atoms with van der Waals surface area (Å²) in [5.74, 6) is 0. The number of fused-ring (bicyclic) bond motifs is 1. The predicted molar refractivity (Wildman–Crippen MR) is 75.2 cm³/mol. The zero-order chi connectivity index (χ0) is 13.2. The first-order valence-electron chi connectivity index (χ1n) is 7.06. The van der Waals surface area contributed by atoms with E-state index in [4.69, 9.17) is 5.73 Å². The number of imidazole rings is 1. The van der Waals surface area contributed by atoms with Crippen LogP contribution in [-0.2, 0) is 12.8 Å². The van der Waals surface area contributed by atoms with Crippen LogP contribution in [-0.4, -0.2) is 14.5 Å². The van der Waals surface area contributed by atoms with Crippen molar-refractivity contribution in [3.8, 4) is 5.69 Å². The molecule has 0 bridgehead atoms. The van der Waals surface area contributed by atoms with Crippen LogP contribution in [0.5, 0.6) is 0 Å². The van der Waals surface area contributed by atoms with Crippen LogP contribution in [0.25, 0.3) is 5.69 Å². The lowest BCUT2D eigenvalue weighted by Crippen LogP contribution is -2.11. The van der Waals surface area contributed by atoms with Gasteiger partial charge in [0.25, 0.3) is 0 Å². The third-order valence-corrected chi connectivity index (χ3v) is 3.90. The second-order valence-electron chi connectivity index (χ2n) is 5.17. The van der Waals surface area contributed by atoms with E-state index >= 15 is 0 Å². The third-order valence-electron chi connectivity index (χ3n) is 3.90. The molecule has 0 saturated heterocycles. The fourth-order valence-electron chi connectivity index (χ4n) is 2.66. The Balaban J connectivity index is 1.92. The first kappa shape index (κ1) is 12.4. The smallest absolute Gasteiger partial charge is 0.0998 e. The van der Waals surface area contributed by atoms with E-state index in [-0.39, 0.29) is 6.04 Å². The molecule has 0 aromatic carbocycles. The molecule has 100 valence electrons. The maximum Gasteiger partial charge on any atom is 0.0998 e. The Morgan fingerprint density at radius 2 is 2.11 bits per heavy atom. The molecular formula is C15H20N4. The maximum atomic E-state index is 5.99. The molecule has 2 aromatic rings. The molecule has 2 heterocycles. The zero-order valence-electron chi connectivity index (χ0n) is 11.3. The summed E-state index contributed by atoms with van der Waals surface area (Å²) in [6, 6.07) is 4.15. The normalized spacial score (nSPS) is 16.1. The standard InChI is InChI=1S/C15H20N4/c1-2-12(16)13-8-7-11(9-17-13)19-10-18-14-5-3-4-6-15(14)19/h7-10,12H,2-6,16H2,1H3/t12-/m1/s1. The Morgan fingerprint density at radius 1 is 1.26 bits per heavy atom. The van der Waals surface area contributed by atoms with Crippen molar-refractivity contribution in [2.75, 3.05) is 0 Å². The molecule has 0 fully saturated rings. The summed E-state index contributed by atoms with van der Waals surface area (Å²) in [4.78, 5) is 9.00. The first-order valence-corrected chi connectivity index (χ1v) is 7.06. The Labute approximate surface area is 113 Å². The molecule has 0 unspecified atom stereocenters. The minimum absolute atomic E-state index is 0.0331.